The van der Waals surface area contributed by atoms with Crippen LogP contribution in [0.3, 0.4) is 0 Å². The molecule has 0 aromatic carbocycles. The van der Waals surface area contributed by atoms with Gasteiger partial charge in [0.2, 0.25) is 6.16 Å². The summed E-state index contributed by atoms with van der Waals surface area (Å²) in [4.78, 5) is 8.44. The van der Waals surface area contributed by atoms with Crippen LogP contribution >= 0.6 is 0 Å². The molecule has 7 heavy (non-hydrogen) atoms. The summed E-state index contributed by atoms with van der Waals surface area (Å²) in [6.07, 6.45) is -2.08. The molecule has 0 amide bonds. The van der Waals surface area contributed by atoms with Gasteiger partial charge in [-0.2, -0.15) is 7.11 Å². The Morgan fingerprint density at radius 2 is 1.57 bits per heavy atom. The molecule has 0 aliphatic rings. The Morgan fingerprint density at radius 3 is 1.57 bits per heavy atom. The molecule has 0 saturated heterocycles. The molecule has 1 N–H and O–H groups in total. The van der Waals surface area contributed by atoms with Gasteiger partial charge in [0.05, 0.1) is 0 Å². The van der Waals surface area contributed by atoms with Crippen LogP contribution in [0.4, 0.5) is 4.79 Å². The van der Waals surface area contributed by atoms with Crippen LogP contribution in [-0.2, 0) is 0 Å². The fourth-order valence-electron chi connectivity index (χ4n) is 0. The fourth-order valence-corrected chi connectivity index (χ4v) is 0. The molecule has 0 aliphatic carbocycles. The first-order valence-corrected chi connectivity index (χ1v) is 1.04. The molecule has 0 aromatic rings. The standard InChI is InChI=1S/CH2O3.CH3O.Mg/c2-1(3)4;1-2;/h(H2,2,3,4);1H3;/q;-1;+2/p-1. The van der Waals surface area contributed by atoms with E-state index in [2.05, 4.69) is 0 Å². The van der Waals surface area contributed by atoms with Gasteiger partial charge in [0.1, 0.15) is 0 Å². The van der Waals surface area contributed by atoms with Crippen molar-refractivity contribution in [1.29, 1.82) is 0 Å². The van der Waals surface area contributed by atoms with Crippen LogP contribution in [0.1, 0.15) is 0 Å². The molecule has 38 valence electrons. The summed E-state index contributed by atoms with van der Waals surface area (Å²) in [6, 6.07) is 0. The first-order valence-electron chi connectivity index (χ1n) is 1.04. The average molecular weight is 116 g/mol. The third-order valence-electron chi connectivity index (χ3n) is 0. The second kappa shape index (κ2) is 16.7. The van der Waals surface area contributed by atoms with E-state index in [1.807, 2.05) is 0 Å². The van der Waals surface area contributed by atoms with E-state index in [-0.39, 0.29) is 23.1 Å². The molecule has 0 saturated carbocycles. The number of carbonyl (C=O) groups is 1. The van der Waals surface area contributed by atoms with E-state index in [0.29, 0.717) is 0 Å². The number of carboxylic acid groups (broad SMARTS) is 2. The normalized spacial score (nSPS) is 4.29. The monoisotopic (exact) mass is 116 g/mol. The predicted molar refractivity (Wildman–Crippen MR) is 19.7 cm³/mol. The molecule has 0 aromatic heterocycles. The zero-order chi connectivity index (χ0) is 5.58. The zero-order valence-electron chi connectivity index (χ0n) is 3.88. The van der Waals surface area contributed by atoms with E-state index in [9.17, 15) is 0 Å². The van der Waals surface area contributed by atoms with Crippen molar-refractivity contribution in [3.63, 3.8) is 0 Å². The van der Waals surface area contributed by atoms with Gasteiger partial charge in [0, 0.05) is 0 Å². The minimum Gasteiger partial charge on any atom is -0.857 e. The molecule has 0 radical (unpaired) electrons. The average Bonchev–Trinajstić information content (AvgIpc) is 1.41. The first kappa shape index (κ1) is 15.8. The predicted octanol–water partition coefficient (Wildman–Crippen LogP) is -2.52. The molecule has 0 bridgehead atoms. The van der Waals surface area contributed by atoms with Crippen LogP contribution < -0.4 is 10.2 Å². The van der Waals surface area contributed by atoms with Crippen LogP contribution in [-0.4, -0.2) is 41.4 Å². The van der Waals surface area contributed by atoms with Crippen LogP contribution in [0.2, 0.25) is 0 Å². The summed E-state index contributed by atoms with van der Waals surface area (Å²) < 4.78 is 0. The van der Waals surface area contributed by atoms with Crippen molar-refractivity contribution < 1.29 is 20.1 Å². The third-order valence-corrected chi connectivity index (χ3v) is 0. The SMILES string of the molecule is C[O-].O=C([O-])O.[Mg+2]. The summed E-state index contributed by atoms with van der Waals surface area (Å²) >= 11 is 0. The molecule has 0 atom stereocenters. The minimum absolute atomic E-state index is 0. The molecule has 0 heterocycles. The second-order valence-corrected chi connectivity index (χ2v) is 0.266. The van der Waals surface area contributed by atoms with Crippen molar-refractivity contribution >= 4 is 29.2 Å². The van der Waals surface area contributed by atoms with Gasteiger partial charge in [-0.05, 0) is 0 Å². The molecule has 4 nitrogen and oxygen atoms in total. The van der Waals surface area contributed by atoms with Gasteiger partial charge < -0.3 is 20.1 Å². The van der Waals surface area contributed by atoms with Crippen LogP contribution in [0.5, 0.6) is 0 Å². The molecule has 0 unspecified atom stereocenters. The minimum atomic E-state index is -2.08. The van der Waals surface area contributed by atoms with Gasteiger partial charge in [0.15, 0.2) is 0 Å². The Morgan fingerprint density at radius 1 is 1.57 bits per heavy atom. The maximum Gasteiger partial charge on any atom is 2.00 e. The first-order chi connectivity index (χ1) is 2.73. The summed E-state index contributed by atoms with van der Waals surface area (Å²) in [7, 11) is 0.750. The maximum absolute atomic E-state index is 8.44. The third kappa shape index (κ3) is 6750000. The van der Waals surface area contributed by atoms with Crippen LogP contribution in [0, 0.1) is 0 Å². The molecule has 0 spiro atoms. The van der Waals surface area contributed by atoms with E-state index in [4.69, 9.17) is 20.1 Å². The second-order valence-electron chi connectivity index (χ2n) is 0.266. The Hall–Kier alpha value is -0.00377. The van der Waals surface area contributed by atoms with Crippen molar-refractivity contribution in [3.05, 3.63) is 0 Å². The van der Waals surface area contributed by atoms with E-state index in [1.165, 1.54) is 0 Å². The summed E-state index contributed by atoms with van der Waals surface area (Å²) in [5.74, 6) is 0. The topological polar surface area (TPSA) is 83.4 Å². The van der Waals surface area contributed by atoms with Gasteiger partial charge in [-0.3, -0.25) is 0 Å². The van der Waals surface area contributed by atoms with Crippen molar-refractivity contribution in [3.8, 4) is 0 Å². The Balaban J connectivity index is -0.0000000480. The van der Waals surface area contributed by atoms with Gasteiger partial charge in [0.25, 0.3) is 0 Å². The fraction of sp³-hybridized carbons (Fsp3) is 0.500. The molecular weight excluding hydrogens is 112 g/mol. The maximum atomic E-state index is 8.44. The smallest absolute Gasteiger partial charge is 0.857 e. The summed E-state index contributed by atoms with van der Waals surface area (Å²) in [5.41, 5.74) is 0. The van der Waals surface area contributed by atoms with Crippen molar-refractivity contribution in [2.75, 3.05) is 7.11 Å². The number of hydrogen-bond acceptors (Lipinski definition) is 3. The quantitative estimate of drug-likeness (QED) is 0.354. The number of hydrogen-bond donors (Lipinski definition) is 1. The molecule has 5 heteroatoms. The van der Waals surface area contributed by atoms with E-state index < -0.39 is 6.16 Å². The largest absolute Gasteiger partial charge is 2.00 e. The van der Waals surface area contributed by atoms with Crippen LogP contribution in [0.25, 0.3) is 0 Å². The Labute approximate surface area is 56.9 Å². The van der Waals surface area contributed by atoms with Crippen molar-refractivity contribution in [2.24, 2.45) is 0 Å². The molecule has 0 fully saturated rings. The number of rotatable bonds is 0. The van der Waals surface area contributed by atoms with E-state index in [1.54, 1.807) is 0 Å². The Kier molecular flexibility index (Phi) is 37.5. The van der Waals surface area contributed by atoms with E-state index >= 15 is 0 Å². The van der Waals surface area contributed by atoms with Crippen LogP contribution in [0.15, 0.2) is 0 Å². The van der Waals surface area contributed by atoms with E-state index in [0.717, 1.165) is 7.11 Å². The van der Waals surface area contributed by atoms with Crippen molar-refractivity contribution in [2.45, 2.75) is 0 Å². The summed E-state index contributed by atoms with van der Waals surface area (Å²) in [6.45, 7) is 0. The zero-order valence-corrected chi connectivity index (χ0v) is 5.29. The summed E-state index contributed by atoms with van der Waals surface area (Å²) in [5, 5.41) is 23.6. The molecular formula is C2H4MgO4. The van der Waals surface area contributed by atoms with Gasteiger partial charge in [-0.1, -0.05) is 0 Å². The van der Waals surface area contributed by atoms with Crippen molar-refractivity contribution in [1.82, 2.24) is 0 Å². The van der Waals surface area contributed by atoms with Gasteiger partial charge in [-0.15, -0.1) is 0 Å². The van der Waals surface area contributed by atoms with Gasteiger partial charge >= 0.3 is 23.1 Å². The molecule has 0 aliphatic heterocycles. The Bertz CT molecular complexity index is 32.7. The molecule has 0 rings (SSSR count). The van der Waals surface area contributed by atoms with Gasteiger partial charge in [-0.25, -0.2) is 0 Å².